The van der Waals surface area contributed by atoms with Crippen LogP contribution < -0.4 is 9.64 Å². The Kier molecular flexibility index (Phi) is 11.2. The normalized spacial score (nSPS) is 22.3. The molecule has 11 nitrogen and oxygen atoms in total. The second-order valence-electron chi connectivity index (χ2n) is 13.6. The van der Waals surface area contributed by atoms with Gasteiger partial charge in [-0.1, -0.05) is 0 Å². The van der Waals surface area contributed by atoms with Gasteiger partial charge in [0, 0.05) is 0 Å². The Morgan fingerprint density at radius 2 is 1.83 bits per heavy atom. The minimum atomic E-state index is -1.96. The molecule has 0 spiro atoms. The zero-order chi connectivity index (χ0) is 33.8. The number of hydrogen-bond donors (Lipinski definition) is 1. The van der Waals surface area contributed by atoms with Crippen molar-refractivity contribution in [2.24, 2.45) is 11.8 Å². The first-order valence-corrected chi connectivity index (χ1v) is 21.2. The molecule has 2 amide bonds. The third kappa shape index (κ3) is 7.79. The van der Waals surface area contributed by atoms with Crippen molar-refractivity contribution < 1.29 is 22.5 Å². The Balaban J connectivity index is 1.15. The molecule has 260 valence electrons. The number of aliphatic hydroxyl groups is 1. The molecule has 1 aliphatic carbocycles. The van der Waals surface area contributed by atoms with E-state index in [0.29, 0.717) is 30.7 Å². The number of methoxy groups -OCH3 is 1. The average molecular weight is 773 g/mol. The molecule has 3 fully saturated rings. The summed E-state index contributed by atoms with van der Waals surface area (Å²) in [6.07, 6.45) is 11.8. The van der Waals surface area contributed by atoms with E-state index in [4.69, 9.17) is 17.8 Å². The van der Waals surface area contributed by atoms with E-state index >= 15 is 0 Å². The van der Waals surface area contributed by atoms with Gasteiger partial charge in [-0.2, -0.15) is 0 Å². The maximum absolute atomic E-state index is 14.4. The molecular weight excluding hydrogens is 723 g/mol. The maximum atomic E-state index is 14.4. The van der Waals surface area contributed by atoms with Crippen molar-refractivity contribution in [2.75, 3.05) is 40.6 Å². The van der Waals surface area contributed by atoms with Gasteiger partial charge >= 0.3 is 242 Å². The summed E-state index contributed by atoms with van der Waals surface area (Å²) in [6, 6.07) is 8.26. The molecule has 3 aliphatic rings. The predicted octanol–water partition coefficient (Wildman–Crippen LogP) is 6.58. The van der Waals surface area contributed by atoms with Crippen molar-refractivity contribution in [1.82, 2.24) is 24.6 Å². The van der Waals surface area contributed by atoms with E-state index in [-0.39, 0.29) is 36.6 Å². The van der Waals surface area contributed by atoms with Crippen molar-refractivity contribution in [3.63, 3.8) is 0 Å². The van der Waals surface area contributed by atoms with Gasteiger partial charge in [-0.25, -0.2) is 0 Å². The molecule has 1 saturated carbocycles. The van der Waals surface area contributed by atoms with Crippen LogP contribution in [-0.4, -0.2) is 83.5 Å². The first kappa shape index (κ1) is 34.6. The molecule has 0 bridgehead atoms. The monoisotopic (exact) mass is 772 g/mol. The van der Waals surface area contributed by atoms with Crippen LogP contribution in [0.2, 0.25) is 0 Å². The molecular formula is C36H49IN6O5. The summed E-state index contributed by atoms with van der Waals surface area (Å²) in [5, 5.41) is 14.0. The molecule has 0 unspecified atom stereocenters. The fraction of sp³-hybridized carbons (Fsp3) is 0.583. The van der Waals surface area contributed by atoms with Gasteiger partial charge in [-0.05, 0) is 26.8 Å². The number of aryl methyl sites for hydroxylation is 1. The molecule has 48 heavy (non-hydrogen) atoms. The minimum absolute atomic E-state index is 0.0231. The second kappa shape index (κ2) is 15.5. The van der Waals surface area contributed by atoms with Crippen LogP contribution in [0.4, 0.5) is 10.6 Å². The Hall–Kier alpha value is -3.26. The number of nitrogens with zero attached hydrogens (tertiary/aromatic N) is 6. The number of amides is 2. The Bertz CT molecular complexity index is 1560. The Labute approximate surface area is 291 Å². The van der Waals surface area contributed by atoms with E-state index in [9.17, 15) is 14.7 Å². The second-order valence-corrected chi connectivity index (χ2v) is 18.5. The van der Waals surface area contributed by atoms with Crippen LogP contribution in [0.1, 0.15) is 82.1 Å². The third-order valence-corrected chi connectivity index (χ3v) is 14.8. The molecule has 2 saturated heterocycles. The number of aliphatic hydroxyl groups excluding tert-OH is 1. The first-order chi connectivity index (χ1) is 23.2. The van der Waals surface area contributed by atoms with Gasteiger partial charge in [0.2, 0.25) is 0 Å². The molecule has 3 aromatic heterocycles. The topological polar surface area (TPSA) is 123 Å². The van der Waals surface area contributed by atoms with Crippen molar-refractivity contribution >= 4 is 38.1 Å². The summed E-state index contributed by atoms with van der Waals surface area (Å²) >= 11 is -1.96. The number of aromatic nitrogens is 4. The predicted molar refractivity (Wildman–Crippen MR) is 194 cm³/mol. The number of ether oxygens (including phenoxy) is 1. The number of carbonyl (C=O) groups excluding carboxylic acids is 2. The summed E-state index contributed by atoms with van der Waals surface area (Å²) in [5.74, 6) is 2.27. The zero-order valence-electron chi connectivity index (χ0n) is 28.6. The number of anilines is 1. The third-order valence-electron chi connectivity index (χ3n) is 10.2. The van der Waals surface area contributed by atoms with Gasteiger partial charge in [0.05, 0.1) is 12.8 Å². The van der Waals surface area contributed by atoms with Crippen molar-refractivity contribution in [3.8, 4) is 16.9 Å². The zero-order valence-corrected chi connectivity index (χ0v) is 30.7. The van der Waals surface area contributed by atoms with Crippen LogP contribution in [0.5, 0.6) is 5.75 Å². The van der Waals surface area contributed by atoms with Crippen molar-refractivity contribution in [3.05, 3.63) is 54.2 Å². The van der Waals surface area contributed by atoms with E-state index in [0.717, 1.165) is 82.1 Å². The number of pyridine rings is 2. The fourth-order valence-electron chi connectivity index (χ4n) is 7.02. The smallest absolute Gasteiger partial charge is 0.0184 e. The molecule has 0 radical (unpaired) electrons. The molecule has 5 heterocycles. The quantitative estimate of drug-likeness (QED) is 0.181. The average Bonchev–Trinajstić information content (AvgIpc) is 3.59. The minimum Gasteiger partial charge on any atom is -0.0184 e. The van der Waals surface area contributed by atoms with E-state index < -0.39 is 20.2 Å². The van der Waals surface area contributed by atoms with Gasteiger partial charge in [-0.3, -0.25) is 0 Å². The number of likely N-dealkylation sites (tertiary alicyclic amines) is 1. The summed E-state index contributed by atoms with van der Waals surface area (Å²) in [4.78, 5) is 40.2. The number of halogens is 1. The fourth-order valence-corrected chi connectivity index (χ4v) is 11.7. The number of rotatable bonds is 10. The Morgan fingerprint density at radius 1 is 1.06 bits per heavy atom. The van der Waals surface area contributed by atoms with Crippen molar-refractivity contribution in [2.45, 2.75) is 83.7 Å². The summed E-state index contributed by atoms with van der Waals surface area (Å²) in [6.45, 7) is 7.45. The van der Waals surface area contributed by atoms with Crippen molar-refractivity contribution in [1.29, 1.82) is 0 Å². The summed E-state index contributed by atoms with van der Waals surface area (Å²) in [7, 11) is 1.68. The van der Waals surface area contributed by atoms with Crippen LogP contribution >= 0.6 is 20.2 Å². The van der Waals surface area contributed by atoms with E-state index in [1.54, 1.807) is 18.2 Å². The molecule has 0 aromatic carbocycles. The van der Waals surface area contributed by atoms with E-state index in [1.807, 2.05) is 47.1 Å². The SMILES string of the molecule is COc1ccc(C2CCC(CN(C(=O)C3CCI(OC(=O)N4CC[C@@H]4CO)CC3)c3cc(-c4cnn(C(C)C)c4)ccn3)CC2)nc1C. The Morgan fingerprint density at radius 3 is 2.46 bits per heavy atom. The molecule has 1 atom stereocenters. The number of carbonyl (C=O) groups is 2. The standard InChI is InChI=1S/C36H49IN6O5/c1-24(2)43-22-30(20-39-43)29-13-17-38-34(19-29)42(21-26-5-7-27(8-6-26)32-9-10-33(47-4)25(3)40-32)35(45)28-11-15-37(16-12-28)48-36(46)41-18-14-31(41)23-44/h9-10,13,17,19-20,22,24,26-28,31,44H,5-8,11-12,14-16,18,21,23H2,1-4H3/t26?,27?,31-/m1/s1. The van der Waals surface area contributed by atoms with Gasteiger partial charge in [0.25, 0.3) is 0 Å². The number of hydrogen-bond acceptors (Lipinski definition) is 8. The molecule has 6 rings (SSSR count). The first-order valence-electron chi connectivity index (χ1n) is 17.3. The van der Waals surface area contributed by atoms with Gasteiger partial charge in [0.1, 0.15) is 5.75 Å². The van der Waals surface area contributed by atoms with Crippen LogP contribution in [0.25, 0.3) is 11.1 Å². The van der Waals surface area contributed by atoms with Gasteiger partial charge in [-0.15, -0.1) is 0 Å². The summed E-state index contributed by atoms with van der Waals surface area (Å²) < 4.78 is 14.9. The molecule has 2 aliphatic heterocycles. The van der Waals surface area contributed by atoms with E-state index in [1.165, 1.54) is 0 Å². The molecule has 12 heteroatoms. The van der Waals surface area contributed by atoms with Gasteiger partial charge in [0.15, 0.2) is 0 Å². The number of alkyl halides is 2. The molecule has 1 N–H and O–H groups in total. The summed E-state index contributed by atoms with van der Waals surface area (Å²) in [5.41, 5.74) is 4.04. The van der Waals surface area contributed by atoms with Crippen LogP contribution in [0.15, 0.2) is 42.9 Å². The van der Waals surface area contributed by atoms with Crippen LogP contribution in [-0.2, 0) is 7.86 Å². The van der Waals surface area contributed by atoms with Crippen LogP contribution in [0, 0.1) is 18.8 Å². The van der Waals surface area contributed by atoms with E-state index in [2.05, 4.69) is 25.0 Å². The molecule has 3 aromatic rings. The van der Waals surface area contributed by atoms with Crippen LogP contribution in [0.3, 0.4) is 0 Å². The van der Waals surface area contributed by atoms with Gasteiger partial charge < -0.3 is 4.74 Å².